The van der Waals surface area contributed by atoms with E-state index in [2.05, 4.69) is 5.32 Å². The molecule has 2 N–H and O–H groups in total. The van der Waals surface area contributed by atoms with Crippen molar-refractivity contribution in [2.24, 2.45) is 0 Å². The molecule has 0 spiro atoms. The fraction of sp³-hybridized carbons (Fsp3) is 0.385. The minimum absolute atomic E-state index is 0.148. The summed E-state index contributed by atoms with van der Waals surface area (Å²) in [5.41, 5.74) is -1.48. The van der Waals surface area contributed by atoms with Gasteiger partial charge in [-0.25, -0.2) is 0 Å². The predicted octanol–water partition coefficient (Wildman–Crippen LogP) is 2.69. The number of benzene rings is 1. The quantitative estimate of drug-likeness (QED) is 0.875. The second kappa shape index (κ2) is 6.40. The van der Waals surface area contributed by atoms with Crippen molar-refractivity contribution < 1.29 is 27.9 Å². The standard InChI is InChI=1S/C13H14F3NO3/c1-8(6-7-11(18)19)17-12(20)9-4-2-3-5-10(9)13(14,15)16/h2-5,8H,6-7H2,1H3,(H,17,20)(H,18,19). The van der Waals surface area contributed by atoms with E-state index >= 15 is 0 Å². The second-order valence-corrected chi connectivity index (χ2v) is 4.35. The molecule has 0 saturated carbocycles. The van der Waals surface area contributed by atoms with Crippen molar-refractivity contribution in [2.45, 2.75) is 32.0 Å². The fourth-order valence-corrected chi connectivity index (χ4v) is 1.64. The summed E-state index contributed by atoms with van der Waals surface area (Å²) in [4.78, 5) is 22.2. The summed E-state index contributed by atoms with van der Waals surface area (Å²) in [6.45, 7) is 1.54. The van der Waals surface area contributed by atoms with Crippen molar-refractivity contribution in [1.82, 2.24) is 5.32 Å². The third-order valence-electron chi connectivity index (χ3n) is 2.65. The van der Waals surface area contributed by atoms with Gasteiger partial charge in [-0.1, -0.05) is 12.1 Å². The Morgan fingerprint density at radius 3 is 2.45 bits per heavy atom. The lowest BCUT2D eigenvalue weighted by molar-refractivity contribution is -0.138. The molecule has 1 rings (SSSR count). The molecule has 0 bridgehead atoms. The number of alkyl halides is 3. The monoisotopic (exact) mass is 289 g/mol. The number of hydrogen-bond acceptors (Lipinski definition) is 2. The lowest BCUT2D eigenvalue weighted by Crippen LogP contribution is -2.34. The molecule has 1 unspecified atom stereocenters. The lowest BCUT2D eigenvalue weighted by atomic mass is 10.1. The van der Waals surface area contributed by atoms with Crippen LogP contribution in [0.25, 0.3) is 0 Å². The van der Waals surface area contributed by atoms with Crippen LogP contribution in [0.1, 0.15) is 35.7 Å². The van der Waals surface area contributed by atoms with Crippen LogP contribution in [0, 0.1) is 0 Å². The number of aliphatic carboxylic acids is 1. The molecule has 1 aromatic rings. The maximum atomic E-state index is 12.7. The molecule has 0 aromatic heterocycles. The molecule has 1 atom stereocenters. The molecule has 20 heavy (non-hydrogen) atoms. The van der Waals surface area contributed by atoms with Crippen LogP contribution < -0.4 is 5.32 Å². The van der Waals surface area contributed by atoms with Crippen LogP contribution in [0.2, 0.25) is 0 Å². The highest BCUT2D eigenvalue weighted by molar-refractivity contribution is 5.96. The van der Waals surface area contributed by atoms with Crippen LogP contribution >= 0.6 is 0 Å². The molecule has 1 amide bonds. The van der Waals surface area contributed by atoms with E-state index in [1.165, 1.54) is 19.1 Å². The van der Waals surface area contributed by atoms with Crippen LogP contribution in [-0.4, -0.2) is 23.0 Å². The van der Waals surface area contributed by atoms with Crippen molar-refractivity contribution in [2.75, 3.05) is 0 Å². The number of carbonyl (C=O) groups is 2. The van der Waals surface area contributed by atoms with Gasteiger partial charge in [-0.15, -0.1) is 0 Å². The number of nitrogens with one attached hydrogen (secondary N) is 1. The second-order valence-electron chi connectivity index (χ2n) is 4.35. The van der Waals surface area contributed by atoms with Gasteiger partial charge in [0.15, 0.2) is 0 Å². The van der Waals surface area contributed by atoms with Crippen LogP contribution in [0.5, 0.6) is 0 Å². The lowest BCUT2D eigenvalue weighted by Gasteiger charge is -2.16. The normalized spacial score (nSPS) is 12.8. The molecule has 0 aliphatic rings. The molecule has 0 saturated heterocycles. The number of carboxylic acid groups (broad SMARTS) is 1. The van der Waals surface area contributed by atoms with Gasteiger partial charge in [0.2, 0.25) is 0 Å². The van der Waals surface area contributed by atoms with E-state index in [-0.39, 0.29) is 12.8 Å². The Morgan fingerprint density at radius 2 is 1.90 bits per heavy atom. The number of rotatable bonds is 5. The van der Waals surface area contributed by atoms with Gasteiger partial charge in [-0.2, -0.15) is 13.2 Å². The van der Waals surface area contributed by atoms with Gasteiger partial charge in [0.05, 0.1) is 11.1 Å². The molecule has 0 aliphatic heterocycles. The van der Waals surface area contributed by atoms with E-state index in [9.17, 15) is 22.8 Å². The number of carboxylic acids is 1. The zero-order valence-corrected chi connectivity index (χ0v) is 10.7. The molecule has 7 heteroatoms. The number of hydrogen-bond donors (Lipinski definition) is 2. The highest BCUT2D eigenvalue weighted by atomic mass is 19.4. The maximum Gasteiger partial charge on any atom is 0.417 e. The molecule has 0 radical (unpaired) electrons. The Hall–Kier alpha value is -2.05. The SMILES string of the molecule is CC(CCC(=O)O)NC(=O)c1ccccc1C(F)(F)F. The van der Waals surface area contributed by atoms with Crippen LogP contribution in [-0.2, 0) is 11.0 Å². The molecular formula is C13H14F3NO3. The summed E-state index contributed by atoms with van der Waals surface area (Å²) >= 11 is 0. The van der Waals surface area contributed by atoms with E-state index in [1.807, 2.05) is 0 Å². The van der Waals surface area contributed by atoms with E-state index < -0.39 is 35.2 Å². The summed E-state index contributed by atoms with van der Waals surface area (Å²) < 4.78 is 38.2. The van der Waals surface area contributed by atoms with Crippen molar-refractivity contribution in [3.05, 3.63) is 35.4 Å². The van der Waals surface area contributed by atoms with Gasteiger partial charge in [0.25, 0.3) is 5.91 Å². The van der Waals surface area contributed by atoms with E-state index in [0.717, 1.165) is 12.1 Å². The zero-order chi connectivity index (χ0) is 15.3. The van der Waals surface area contributed by atoms with Gasteiger partial charge in [-0.3, -0.25) is 9.59 Å². The third kappa shape index (κ3) is 4.56. The summed E-state index contributed by atoms with van der Waals surface area (Å²) in [5, 5.41) is 10.9. The smallest absolute Gasteiger partial charge is 0.417 e. The Morgan fingerprint density at radius 1 is 1.30 bits per heavy atom. The van der Waals surface area contributed by atoms with Crippen LogP contribution in [0.4, 0.5) is 13.2 Å². The van der Waals surface area contributed by atoms with E-state index in [4.69, 9.17) is 5.11 Å². The fourth-order valence-electron chi connectivity index (χ4n) is 1.64. The van der Waals surface area contributed by atoms with Gasteiger partial charge >= 0.3 is 12.1 Å². The minimum Gasteiger partial charge on any atom is -0.481 e. The number of carbonyl (C=O) groups excluding carboxylic acids is 1. The summed E-state index contributed by atoms with van der Waals surface area (Å²) in [6.07, 6.45) is -4.63. The largest absolute Gasteiger partial charge is 0.481 e. The molecule has 0 aliphatic carbocycles. The van der Waals surface area contributed by atoms with Crippen LogP contribution in [0.3, 0.4) is 0 Å². The van der Waals surface area contributed by atoms with Gasteiger partial charge in [0, 0.05) is 12.5 Å². The average molecular weight is 289 g/mol. The predicted molar refractivity (Wildman–Crippen MR) is 65.2 cm³/mol. The van der Waals surface area contributed by atoms with E-state index in [1.54, 1.807) is 0 Å². The highest BCUT2D eigenvalue weighted by Crippen LogP contribution is 2.31. The van der Waals surface area contributed by atoms with Crippen molar-refractivity contribution >= 4 is 11.9 Å². The zero-order valence-electron chi connectivity index (χ0n) is 10.7. The first kappa shape index (κ1) is 16.0. The summed E-state index contributed by atoms with van der Waals surface area (Å²) in [5.74, 6) is -1.89. The van der Waals surface area contributed by atoms with Gasteiger partial charge < -0.3 is 10.4 Å². The molecule has 0 heterocycles. The Bertz CT molecular complexity index is 500. The minimum atomic E-state index is -4.61. The molecular weight excluding hydrogens is 275 g/mol. The Labute approximate surface area is 113 Å². The summed E-state index contributed by atoms with van der Waals surface area (Å²) in [6, 6.07) is 3.93. The first-order chi connectivity index (χ1) is 9.21. The van der Waals surface area contributed by atoms with Gasteiger partial charge in [0.1, 0.15) is 0 Å². The molecule has 1 aromatic carbocycles. The Balaban J connectivity index is 2.80. The topological polar surface area (TPSA) is 66.4 Å². The Kier molecular flexibility index (Phi) is 5.12. The molecule has 0 fully saturated rings. The number of amides is 1. The van der Waals surface area contributed by atoms with Crippen molar-refractivity contribution in [3.63, 3.8) is 0 Å². The summed E-state index contributed by atoms with van der Waals surface area (Å²) in [7, 11) is 0. The number of halogens is 3. The maximum absolute atomic E-state index is 12.7. The first-order valence-corrected chi connectivity index (χ1v) is 5.90. The van der Waals surface area contributed by atoms with E-state index in [0.29, 0.717) is 0 Å². The molecule has 4 nitrogen and oxygen atoms in total. The molecule has 110 valence electrons. The van der Waals surface area contributed by atoms with Crippen molar-refractivity contribution in [1.29, 1.82) is 0 Å². The van der Waals surface area contributed by atoms with Crippen LogP contribution in [0.15, 0.2) is 24.3 Å². The third-order valence-corrected chi connectivity index (χ3v) is 2.65. The highest BCUT2D eigenvalue weighted by Gasteiger charge is 2.34. The van der Waals surface area contributed by atoms with Gasteiger partial charge in [-0.05, 0) is 25.5 Å². The van der Waals surface area contributed by atoms with Crippen molar-refractivity contribution in [3.8, 4) is 0 Å². The average Bonchev–Trinajstić information content (AvgIpc) is 2.35. The first-order valence-electron chi connectivity index (χ1n) is 5.90.